The van der Waals surface area contributed by atoms with E-state index in [9.17, 15) is 14.4 Å². The Labute approximate surface area is 415 Å². The highest BCUT2D eigenvalue weighted by molar-refractivity contribution is 6.74. The number of Topliss-reactive ketones (excluding diaryl/α,β-unsaturated/α-hetero) is 1. The summed E-state index contributed by atoms with van der Waals surface area (Å²) in [6.07, 6.45) is 11.4. The van der Waals surface area contributed by atoms with Crippen LogP contribution in [-0.4, -0.2) is 116 Å². The molecule has 0 aromatic heterocycles. The fourth-order valence-corrected chi connectivity index (χ4v) is 13.3. The quantitative estimate of drug-likeness (QED) is 0.119. The molecular weight excluding hydrogens is 891 g/mol. The van der Waals surface area contributed by atoms with Crippen LogP contribution >= 0.6 is 0 Å². The van der Waals surface area contributed by atoms with Crippen molar-refractivity contribution in [1.29, 1.82) is 0 Å². The van der Waals surface area contributed by atoms with Gasteiger partial charge < -0.3 is 37.4 Å². The van der Waals surface area contributed by atoms with Crippen LogP contribution < -0.4 is 0 Å². The molecule has 0 aromatic rings. The molecule has 13 atom stereocenters. The molecule has 68 heavy (non-hydrogen) atoms. The van der Waals surface area contributed by atoms with Gasteiger partial charge in [-0.05, 0) is 132 Å². The van der Waals surface area contributed by atoms with Crippen LogP contribution in [0, 0.1) is 29.6 Å². The lowest BCUT2D eigenvalue weighted by atomic mass is 9.81. The number of nitrogens with zero attached hydrogens (tertiary/aromatic N) is 1. The zero-order valence-corrected chi connectivity index (χ0v) is 48.3. The van der Waals surface area contributed by atoms with Gasteiger partial charge in [0.2, 0.25) is 0 Å². The third kappa shape index (κ3) is 15.0. The van der Waals surface area contributed by atoms with Crippen LogP contribution in [0.15, 0.2) is 35.1 Å². The Balaban J connectivity index is 1.85. The Morgan fingerprint density at radius 2 is 1.35 bits per heavy atom. The lowest BCUT2D eigenvalue weighted by Gasteiger charge is -2.44. The minimum Gasteiger partial charge on any atom is -0.489 e. The van der Waals surface area contributed by atoms with E-state index in [2.05, 4.69) is 121 Å². The van der Waals surface area contributed by atoms with Crippen LogP contribution in [-0.2, 0) is 46.9 Å². The standard InChI is InChI=1S/C55H97NO10Si2/c1-20-41-28-35(2)27-36(3)29-48(61-14)52-49(62-15)31-37(4)45(63-52)34-50(58)56-26-22-21-23-42(56)53(59)64-51(39(6)46(33-43(41)57)66-68(18,19)55(10,11)12)38(5)30-40-24-25-44(47(32-40)60-13)65-67(16,17)54(7,8)9/h28,30,34,36-37,39-42,44,46-49,51-52H,20-27,29,31-33H2,1-19H3/b35-28+,38-30+,45-34+/t36-,37+,39+,40-,41+,42-,44+,46-,47+,48-,49-,51+,52+/m0/s1. The van der Waals surface area contributed by atoms with Crippen molar-refractivity contribution in [2.75, 3.05) is 27.9 Å². The molecular formula is C55H97NO10Si2. The van der Waals surface area contributed by atoms with Crippen molar-refractivity contribution < 1.29 is 46.9 Å². The van der Waals surface area contributed by atoms with E-state index >= 15 is 0 Å². The Kier molecular flexibility index (Phi) is 21.1. The van der Waals surface area contributed by atoms with Gasteiger partial charge >= 0.3 is 5.97 Å². The first kappa shape index (κ1) is 58.4. The molecule has 3 heterocycles. The first-order valence-electron chi connectivity index (χ1n) is 26.3. The van der Waals surface area contributed by atoms with Crippen molar-refractivity contribution in [3.8, 4) is 0 Å². The van der Waals surface area contributed by atoms with Gasteiger partial charge in [0.1, 0.15) is 23.7 Å². The molecule has 1 amide bonds. The van der Waals surface area contributed by atoms with Gasteiger partial charge in [0.25, 0.3) is 5.91 Å². The second kappa shape index (κ2) is 24.5. The second-order valence-corrected chi connectivity index (χ2v) is 33.9. The zero-order valence-electron chi connectivity index (χ0n) is 46.3. The number of carbonyl (C=O) groups excluding carboxylic acids is 3. The summed E-state index contributed by atoms with van der Waals surface area (Å²) in [5.74, 6) is -0.364. The minimum absolute atomic E-state index is 0.0121. The number of piperidine rings is 1. The molecule has 0 radical (unpaired) electrons. The molecule has 0 aromatic carbocycles. The maximum Gasteiger partial charge on any atom is 0.329 e. The normalized spacial score (nSPS) is 35.8. The molecule has 4 aliphatic rings. The molecule has 4 rings (SSSR count). The highest BCUT2D eigenvalue weighted by atomic mass is 28.4. The van der Waals surface area contributed by atoms with Gasteiger partial charge in [-0.15, -0.1) is 0 Å². The Morgan fingerprint density at radius 3 is 1.93 bits per heavy atom. The number of amides is 1. The fourth-order valence-electron chi connectivity index (χ4n) is 10.5. The highest BCUT2D eigenvalue weighted by Crippen LogP contribution is 2.43. The zero-order chi connectivity index (χ0) is 51.1. The van der Waals surface area contributed by atoms with E-state index in [0.29, 0.717) is 38.0 Å². The van der Waals surface area contributed by atoms with Gasteiger partial charge in [0.05, 0.1) is 30.5 Å². The summed E-state index contributed by atoms with van der Waals surface area (Å²) in [6, 6.07) is -0.779. The van der Waals surface area contributed by atoms with E-state index in [-0.39, 0.29) is 82.2 Å². The summed E-state index contributed by atoms with van der Waals surface area (Å²) in [7, 11) is 0.686. The average Bonchev–Trinajstić information content (AvgIpc) is 3.25. The molecule has 1 aliphatic carbocycles. The molecule has 3 aliphatic heterocycles. The molecule has 2 bridgehead atoms. The molecule has 13 heteroatoms. The third-order valence-corrected chi connectivity index (χ3v) is 25.9. The molecule has 3 fully saturated rings. The summed E-state index contributed by atoms with van der Waals surface area (Å²) in [4.78, 5) is 46.0. The van der Waals surface area contributed by atoms with Crippen molar-refractivity contribution in [2.24, 2.45) is 29.6 Å². The van der Waals surface area contributed by atoms with Crippen LogP contribution in [0.1, 0.15) is 154 Å². The number of rotatable bonds is 10. The second-order valence-electron chi connectivity index (χ2n) is 24.4. The van der Waals surface area contributed by atoms with E-state index in [1.165, 1.54) is 0 Å². The van der Waals surface area contributed by atoms with E-state index in [0.717, 1.165) is 49.7 Å². The number of esters is 1. The number of allylic oxidation sites excluding steroid dienone is 4. The summed E-state index contributed by atoms with van der Waals surface area (Å²) >= 11 is 0. The SMILES string of the molecule is CC[C@@H]1/C=C(\C)C[C@H](C)C[C@H](OC)[C@H]2O/C(=C/C(=O)N3CCCC[C@H]3C(=O)O[C@H](/C(C)=C/[C@@H]3CC[C@@H](O[Si](C)(C)C(C)(C)C)[C@H](OC)C3)[C@H](C)[C@@H](O[Si](C)(C)C(C)(C)C)CC1=O)[C@H](C)C[C@@H]2OC. The van der Waals surface area contributed by atoms with Gasteiger partial charge in [0.15, 0.2) is 22.7 Å². The Hall–Kier alpha value is -2.14. The maximum absolute atomic E-state index is 15.0. The number of cyclic esters (lactones) is 1. The van der Waals surface area contributed by atoms with Gasteiger partial charge in [0, 0.05) is 58.1 Å². The van der Waals surface area contributed by atoms with Gasteiger partial charge in [-0.3, -0.25) is 9.59 Å². The van der Waals surface area contributed by atoms with Crippen molar-refractivity contribution in [3.63, 3.8) is 0 Å². The van der Waals surface area contributed by atoms with Crippen LogP contribution in [0.5, 0.6) is 0 Å². The van der Waals surface area contributed by atoms with E-state index in [1.54, 1.807) is 32.3 Å². The lowest BCUT2D eigenvalue weighted by Crippen LogP contribution is -2.51. The third-order valence-electron chi connectivity index (χ3n) is 16.9. The fraction of sp³-hybridized carbons (Fsp3) is 0.836. The summed E-state index contributed by atoms with van der Waals surface area (Å²) in [5, 5.41) is -0.0528. The Morgan fingerprint density at radius 1 is 0.765 bits per heavy atom. The number of hydrogen-bond donors (Lipinski definition) is 0. The number of carbonyl (C=O) groups is 3. The van der Waals surface area contributed by atoms with Crippen molar-refractivity contribution in [3.05, 3.63) is 35.1 Å². The lowest BCUT2D eigenvalue weighted by molar-refractivity contribution is -0.162. The molecule has 390 valence electrons. The largest absolute Gasteiger partial charge is 0.489 e. The maximum atomic E-state index is 15.0. The van der Waals surface area contributed by atoms with Crippen molar-refractivity contribution >= 4 is 34.3 Å². The molecule has 1 saturated carbocycles. The Bertz CT molecular complexity index is 1780. The number of hydrogen-bond acceptors (Lipinski definition) is 10. The molecule has 0 spiro atoms. The molecule has 2 saturated heterocycles. The first-order chi connectivity index (χ1) is 31.6. The summed E-state index contributed by atoms with van der Waals surface area (Å²) in [5.41, 5.74) is 2.08. The molecule has 0 N–H and O–H groups in total. The predicted molar refractivity (Wildman–Crippen MR) is 278 cm³/mol. The first-order valence-corrected chi connectivity index (χ1v) is 32.1. The number of methoxy groups -OCH3 is 3. The average molecular weight is 989 g/mol. The topological polar surface area (TPSA) is 119 Å². The van der Waals surface area contributed by atoms with Crippen LogP contribution in [0.4, 0.5) is 0 Å². The number of ketones is 1. The van der Waals surface area contributed by atoms with Crippen LogP contribution in [0.25, 0.3) is 0 Å². The minimum atomic E-state index is -2.47. The van der Waals surface area contributed by atoms with Gasteiger partial charge in [-0.25, -0.2) is 4.79 Å². The van der Waals surface area contributed by atoms with E-state index in [4.69, 9.17) is 32.5 Å². The predicted octanol–water partition coefficient (Wildman–Crippen LogP) is 12.2. The molecule has 11 nitrogen and oxygen atoms in total. The highest BCUT2D eigenvalue weighted by Gasteiger charge is 2.46. The summed E-state index contributed by atoms with van der Waals surface area (Å²) in [6.45, 7) is 35.6. The monoisotopic (exact) mass is 988 g/mol. The van der Waals surface area contributed by atoms with Crippen molar-refractivity contribution in [2.45, 2.75) is 239 Å². The summed E-state index contributed by atoms with van der Waals surface area (Å²) < 4.78 is 46.2. The van der Waals surface area contributed by atoms with Crippen molar-refractivity contribution in [1.82, 2.24) is 4.90 Å². The van der Waals surface area contributed by atoms with Crippen LogP contribution in [0.2, 0.25) is 36.3 Å². The van der Waals surface area contributed by atoms with E-state index in [1.807, 2.05) is 0 Å². The van der Waals surface area contributed by atoms with E-state index < -0.39 is 47.0 Å². The van der Waals surface area contributed by atoms with Gasteiger partial charge in [-0.1, -0.05) is 87.0 Å². The number of ether oxygens (including phenoxy) is 5. The van der Waals surface area contributed by atoms with Crippen LogP contribution in [0.3, 0.4) is 0 Å². The number of fused-ring (bicyclic) bond motifs is 3. The smallest absolute Gasteiger partial charge is 0.329 e. The van der Waals surface area contributed by atoms with Gasteiger partial charge in [-0.2, -0.15) is 0 Å². The molecule has 0 unspecified atom stereocenters.